The molecule has 0 unspecified atom stereocenters. The Hall–Kier alpha value is -3.86. The highest BCUT2D eigenvalue weighted by molar-refractivity contribution is 9.10. The largest absolute Gasteiger partial charge is 0.494 e. The second-order valence-electron chi connectivity index (χ2n) is 10.8. The van der Waals surface area contributed by atoms with Gasteiger partial charge in [0.15, 0.2) is 23.1 Å². The van der Waals surface area contributed by atoms with Gasteiger partial charge in [-0.05, 0) is 83.8 Å². The average molecular weight is 753 g/mol. The van der Waals surface area contributed by atoms with E-state index in [1.807, 2.05) is 91.0 Å². The van der Waals surface area contributed by atoms with Gasteiger partial charge in [-0.3, -0.25) is 4.79 Å². The van der Waals surface area contributed by atoms with Gasteiger partial charge in [0.2, 0.25) is 5.90 Å². The molecule has 240 valence electrons. The first kappa shape index (κ1) is 33.5. The van der Waals surface area contributed by atoms with Crippen LogP contribution in [-0.2, 0) is 22.4 Å². The zero-order chi connectivity index (χ0) is 32.5. The van der Waals surface area contributed by atoms with Crippen LogP contribution >= 0.6 is 31.9 Å². The van der Waals surface area contributed by atoms with E-state index in [2.05, 4.69) is 37.2 Å². The molecule has 0 fully saturated rings. The van der Waals surface area contributed by atoms with Gasteiger partial charge in [-0.2, -0.15) is 0 Å². The van der Waals surface area contributed by atoms with E-state index in [0.29, 0.717) is 55.6 Å². The predicted octanol–water partition coefficient (Wildman–Crippen LogP) is 6.85. The summed E-state index contributed by atoms with van der Waals surface area (Å²) < 4.78 is 25.0. The number of carbonyl (C=O) groups is 1. The van der Waals surface area contributed by atoms with Crippen LogP contribution in [0.5, 0.6) is 17.2 Å². The van der Waals surface area contributed by atoms with Crippen molar-refractivity contribution in [1.29, 1.82) is 0 Å². The first-order valence-electron chi connectivity index (χ1n) is 14.9. The molecular weight excluding hydrogens is 716 g/mol. The van der Waals surface area contributed by atoms with Crippen LogP contribution < -0.4 is 19.5 Å². The molecule has 0 aliphatic carbocycles. The summed E-state index contributed by atoms with van der Waals surface area (Å²) in [5, 5.41) is 12.2. The van der Waals surface area contributed by atoms with Gasteiger partial charge in [-0.15, -0.1) is 0 Å². The zero-order valence-electron chi connectivity index (χ0n) is 25.7. The SMILES string of the molecule is COc1ccc(CCNC(=O)[C@]2(Cc3ccc(Br)cc3)N=C(c3ccc(OCCCO)cc3)O[C@@H]2c2ccc(Br)cc2)cc1OC. The molecule has 2 N–H and O–H groups in total. The summed E-state index contributed by atoms with van der Waals surface area (Å²) in [5.41, 5.74) is 2.20. The van der Waals surface area contributed by atoms with Gasteiger partial charge in [0.05, 0.1) is 20.8 Å². The predicted molar refractivity (Wildman–Crippen MR) is 185 cm³/mol. The Morgan fingerprint density at radius 2 is 1.54 bits per heavy atom. The molecule has 4 aromatic rings. The fourth-order valence-electron chi connectivity index (χ4n) is 5.34. The van der Waals surface area contributed by atoms with E-state index in [0.717, 1.165) is 31.2 Å². The third-order valence-corrected chi connectivity index (χ3v) is 8.79. The fraction of sp³-hybridized carbons (Fsp3) is 0.278. The average Bonchev–Trinajstić information content (AvgIpc) is 3.46. The van der Waals surface area contributed by atoms with Gasteiger partial charge in [0.25, 0.3) is 5.91 Å². The first-order chi connectivity index (χ1) is 22.3. The zero-order valence-corrected chi connectivity index (χ0v) is 28.8. The van der Waals surface area contributed by atoms with Gasteiger partial charge in [0.1, 0.15) is 5.75 Å². The highest BCUT2D eigenvalue weighted by Gasteiger charge is 2.53. The minimum absolute atomic E-state index is 0.0664. The summed E-state index contributed by atoms with van der Waals surface area (Å²) >= 11 is 7.05. The molecule has 1 heterocycles. The maximum atomic E-state index is 14.5. The summed E-state index contributed by atoms with van der Waals surface area (Å²) in [6.07, 6.45) is 0.751. The van der Waals surface area contributed by atoms with Gasteiger partial charge in [-0.25, -0.2) is 4.99 Å². The van der Waals surface area contributed by atoms with E-state index < -0.39 is 11.6 Å². The number of carbonyl (C=O) groups excluding carboxylic acids is 1. The number of ether oxygens (including phenoxy) is 4. The van der Waals surface area contributed by atoms with Crippen molar-refractivity contribution in [2.75, 3.05) is 34.0 Å². The summed E-state index contributed by atoms with van der Waals surface area (Å²) in [4.78, 5) is 19.6. The topological polar surface area (TPSA) is 98.6 Å². The van der Waals surface area contributed by atoms with Crippen molar-refractivity contribution in [3.8, 4) is 17.2 Å². The molecule has 0 saturated heterocycles. The molecule has 1 aliphatic heterocycles. The number of benzene rings is 4. The van der Waals surface area contributed by atoms with Crippen LogP contribution in [0.2, 0.25) is 0 Å². The minimum atomic E-state index is -1.30. The summed E-state index contributed by atoms with van der Waals surface area (Å²) in [5.74, 6) is 2.10. The molecule has 0 aromatic heterocycles. The lowest BCUT2D eigenvalue weighted by atomic mass is 9.82. The molecule has 0 bridgehead atoms. The molecule has 10 heteroatoms. The van der Waals surface area contributed by atoms with Crippen molar-refractivity contribution in [1.82, 2.24) is 5.32 Å². The molecule has 8 nitrogen and oxygen atoms in total. The molecule has 0 saturated carbocycles. The number of halogens is 2. The Kier molecular flexibility index (Phi) is 11.4. The lowest BCUT2D eigenvalue weighted by molar-refractivity contribution is -0.128. The van der Waals surface area contributed by atoms with Crippen LogP contribution in [0.4, 0.5) is 0 Å². The lowest BCUT2D eigenvalue weighted by Crippen LogP contribution is -2.50. The second-order valence-corrected chi connectivity index (χ2v) is 12.7. The molecule has 46 heavy (non-hydrogen) atoms. The molecular formula is C36H36Br2N2O6. The quantitative estimate of drug-likeness (QED) is 0.137. The number of aliphatic imine (C=N–C) groups is 1. The summed E-state index contributed by atoms with van der Waals surface area (Å²) in [6.45, 7) is 0.865. The van der Waals surface area contributed by atoms with Crippen LogP contribution in [0.25, 0.3) is 0 Å². The number of hydrogen-bond acceptors (Lipinski definition) is 7. The maximum Gasteiger partial charge on any atom is 0.252 e. The van der Waals surface area contributed by atoms with Gasteiger partial charge in [0, 0.05) is 40.5 Å². The van der Waals surface area contributed by atoms with Gasteiger partial charge >= 0.3 is 0 Å². The Morgan fingerprint density at radius 3 is 2.20 bits per heavy atom. The van der Waals surface area contributed by atoms with Crippen LogP contribution in [-0.4, -0.2) is 56.4 Å². The van der Waals surface area contributed by atoms with Gasteiger partial charge in [-0.1, -0.05) is 62.2 Å². The van der Waals surface area contributed by atoms with E-state index in [1.165, 1.54) is 0 Å². The monoisotopic (exact) mass is 750 g/mol. The molecule has 5 rings (SSSR count). The molecule has 0 spiro atoms. The molecule has 1 amide bonds. The Bertz CT molecular complexity index is 1650. The number of methoxy groups -OCH3 is 2. The third kappa shape index (κ3) is 7.92. The van der Waals surface area contributed by atoms with Crippen molar-refractivity contribution in [2.45, 2.75) is 30.9 Å². The van der Waals surface area contributed by atoms with Crippen molar-refractivity contribution in [3.05, 3.63) is 122 Å². The van der Waals surface area contributed by atoms with E-state index in [4.69, 9.17) is 29.0 Å². The van der Waals surface area contributed by atoms with Crippen LogP contribution in [0.15, 0.2) is 105 Å². The highest BCUT2D eigenvalue weighted by Crippen LogP contribution is 2.43. The number of hydrogen-bond donors (Lipinski definition) is 2. The number of nitrogens with zero attached hydrogens (tertiary/aromatic N) is 1. The van der Waals surface area contributed by atoms with Gasteiger partial charge < -0.3 is 29.4 Å². The maximum absolute atomic E-state index is 14.5. The van der Waals surface area contributed by atoms with Crippen molar-refractivity contribution < 1.29 is 28.8 Å². The Balaban J connectivity index is 1.49. The van der Waals surface area contributed by atoms with E-state index in [1.54, 1.807) is 14.2 Å². The second kappa shape index (κ2) is 15.6. The number of rotatable bonds is 14. The number of aliphatic hydroxyl groups excluding tert-OH is 1. The summed E-state index contributed by atoms with van der Waals surface area (Å²) in [6, 6.07) is 28.9. The molecule has 1 aliphatic rings. The standard InChI is InChI=1S/C36H36Br2N2O6/c1-43-31-17-6-24(22-32(31)44-2)18-19-39-35(42)36(23-25-4-11-28(37)12-5-25)33(26-7-13-29(38)14-8-26)46-34(40-36)27-9-15-30(16-10-27)45-21-3-20-41/h4-17,22,33,41H,3,18-21,23H2,1-2H3,(H,39,42)/t33-,36-/m1/s1. The summed E-state index contributed by atoms with van der Waals surface area (Å²) in [7, 11) is 3.20. The normalized spacial score (nSPS) is 17.2. The van der Waals surface area contributed by atoms with Crippen LogP contribution in [0, 0.1) is 0 Å². The number of nitrogens with one attached hydrogen (secondary N) is 1. The number of amides is 1. The third-order valence-electron chi connectivity index (χ3n) is 7.74. The highest BCUT2D eigenvalue weighted by atomic mass is 79.9. The van der Waals surface area contributed by atoms with Crippen molar-refractivity contribution in [3.63, 3.8) is 0 Å². The van der Waals surface area contributed by atoms with E-state index in [9.17, 15) is 4.79 Å². The smallest absolute Gasteiger partial charge is 0.252 e. The lowest BCUT2D eigenvalue weighted by Gasteiger charge is -2.31. The minimum Gasteiger partial charge on any atom is -0.494 e. The van der Waals surface area contributed by atoms with Crippen molar-refractivity contribution in [2.24, 2.45) is 4.99 Å². The Labute approximate surface area is 286 Å². The molecule has 0 radical (unpaired) electrons. The van der Waals surface area contributed by atoms with E-state index in [-0.39, 0.29) is 12.5 Å². The van der Waals surface area contributed by atoms with Crippen LogP contribution in [0.3, 0.4) is 0 Å². The fourth-order valence-corrected chi connectivity index (χ4v) is 5.87. The number of aliphatic hydroxyl groups is 1. The van der Waals surface area contributed by atoms with Crippen LogP contribution in [0.1, 0.15) is 34.8 Å². The molecule has 4 aromatic carbocycles. The Morgan fingerprint density at radius 1 is 0.891 bits per heavy atom. The first-order valence-corrected chi connectivity index (χ1v) is 16.5. The molecule has 2 atom stereocenters. The van der Waals surface area contributed by atoms with Crippen molar-refractivity contribution >= 4 is 43.7 Å². The van der Waals surface area contributed by atoms with E-state index >= 15 is 0 Å².